The molecule has 1 amide bonds. The summed E-state index contributed by atoms with van der Waals surface area (Å²) < 4.78 is 5.60. The number of aromatic nitrogens is 3. The second kappa shape index (κ2) is 5.68. The number of methoxy groups -OCH3 is 1. The number of carbonyl (C=O) groups is 1. The van der Waals surface area contributed by atoms with E-state index in [1.165, 1.54) is 6.33 Å². The molecule has 1 aliphatic carbocycles. The minimum absolute atomic E-state index is 0.104. The Bertz CT molecular complexity index is 701. The van der Waals surface area contributed by atoms with Gasteiger partial charge in [0.05, 0.1) is 5.39 Å². The van der Waals surface area contributed by atoms with Crippen LogP contribution in [0.5, 0.6) is 0 Å². The number of amides is 1. The highest BCUT2D eigenvalue weighted by atomic mass is 16.5. The van der Waals surface area contributed by atoms with Gasteiger partial charge in [-0.25, -0.2) is 9.97 Å². The molecule has 0 unspecified atom stereocenters. The molecule has 2 heterocycles. The molecule has 0 aliphatic heterocycles. The number of ether oxygens (including phenoxy) is 1. The molecule has 6 nitrogen and oxygen atoms in total. The zero-order valence-electron chi connectivity index (χ0n) is 13.3. The second-order valence-corrected chi connectivity index (χ2v) is 6.03. The number of aryl methyl sites for hydroxylation is 2. The zero-order valence-corrected chi connectivity index (χ0v) is 13.3. The first kappa shape index (κ1) is 15.0. The predicted octanol–water partition coefficient (Wildman–Crippen LogP) is 2.86. The van der Waals surface area contributed by atoms with Gasteiger partial charge in [-0.05, 0) is 32.3 Å². The van der Waals surface area contributed by atoms with Crippen LogP contribution >= 0.6 is 0 Å². The molecular formula is C16H22N4O2. The Kier molecular flexibility index (Phi) is 3.87. The van der Waals surface area contributed by atoms with E-state index in [9.17, 15) is 4.79 Å². The maximum atomic E-state index is 12.8. The number of anilines is 1. The summed E-state index contributed by atoms with van der Waals surface area (Å²) in [6, 6.07) is 0. The van der Waals surface area contributed by atoms with Crippen molar-refractivity contribution < 1.29 is 9.53 Å². The van der Waals surface area contributed by atoms with Crippen molar-refractivity contribution in [2.24, 2.45) is 0 Å². The molecule has 0 atom stereocenters. The third-order valence-corrected chi connectivity index (χ3v) is 4.79. The lowest BCUT2D eigenvalue weighted by molar-refractivity contribution is -0.141. The molecule has 0 radical (unpaired) electrons. The minimum Gasteiger partial charge on any atom is -0.368 e. The first-order valence-electron chi connectivity index (χ1n) is 7.74. The van der Waals surface area contributed by atoms with Crippen molar-refractivity contribution in [3.8, 4) is 0 Å². The van der Waals surface area contributed by atoms with Gasteiger partial charge in [0, 0.05) is 12.8 Å². The maximum Gasteiger partial charge on any atom is 0.257 e. The lowest BCUT2D eigenvalue weighted by Gasteiger charge is -2.34. The van der Waals surface area contributed by atoms with Gasteiger partial charge in [-0.3, -0.25) is 4.79 Å². The van der Waals surface area contributed by atoms with E-state index >= 15 is 0 Å². The molecule has 118 valence electrons. The van der Waals surface area contributed by atoms with Crippen LogP contribution in [0.2, 0.25) is 0 Å². The summed E-state index contributed by atoms with van der Waals surface area (Å²) in [6.07, 6.45) is 6.18. The molecule has 2 N–H and O–H groups in total. The Labute approximate surface area is 129 Å². The molecule has 2 aromatic rings. The number of aromatic amines is 1. The summed E-state index contributed by atoms with van der Waals surface area (Å²) in [5.74, 6) is 0.451. The van der Waals surface area contributed by atoms with E-state index in [1.807, 2.05) is 13.8 Å². The van der Waals surface area contributed by atoms with E-state index in [4.69, 9.17) is 4.74 Å². The fourth-order valence-corrected chi connectivity index (χ4v) is 3.26. The average Bonchev–Trinajstić information content (AvgIpc) is 2.83. The fourth-order valence-electron chi connectivity index (χ4n) is 3.26. The summed E-state index contributed by atoms with van der Waals surface area (Å²) in [4.78, 5) is 24.5. The van der Waals surface area contributed by atoms with Gasteiger partial charge >= 0.3 is 0 Å². The number of nitrogens with one attached hydrogen (secondary N) is 2. The highest BCUT2D eigenvalue weighted by Crippen LogP contribution is 2.33. The Morgan fingerprint density at radius 3 is 2.68 bits per heavy atom. The van der Waals surface area contributed by atoms with Crippen LogP contribution in [0.15, 0.2) is 6.33 Å². The first-order chi connectivity index (χ1) is 10.6. The zero-order chi connectivity index (χ0) is 15.7. The molecule has 0 spiro atoms. The summed E-state index contributed by atoms with van der Waals surface area (Å²) >= 11 is 0. The Morgan fingerprint density at radius 1 is 1.27 bits per heavy atom. The van der Waals surface area contributed by atoms with Gasteiger partial charge in [-0.2, -0.15) is 0 Å². The minimum atomic E-state index is -0.727. The van der Waals surface area contributed by atoms with E-state index in [0.717, 1.165) is 54.4 Å². The van der Waals surface area contributed by atoms with Gasteiger partial charge in [0.15, 0.2) is 0 Å². The number of carbonyl (C=O) groups excluding carboxylic acids is 1. The predicted molar refractivity (Wildman–Crippen MR) is 84.8 cm³/mol. The fraction of sp³-hybridized carbons (Fsp3) is 0.562. The third-order valence-electron chi connectivity index (χ3n) is 4.79. The smallest absolute Gasteiger partial charge is 0.257 e. The Morgan fingerprint density at radius 2 is 2.00 bits per heavy atom. The highest BCUT2D eigenvalue weighted by Gasteiger charge is 2.40. The normalized spacial score (nSPS) is 17.6. The van der Waals surface area contributed by atoms with Crippen molar-refractivity contribution in [3.63, 3.8) is 0 Å². The van der Waals surface area contributed by atoms with Crippen molar-refractivity contribution in [1.29, 1.82) is 0 Å². The molecule has 0 bridgehead atoms. The molecule has 6 heteroatoms. The van der Waals surface area contributed by atoms with Crippen LogP contribution in [0.4, 0.5) is 5.82 Å². The SMILES string of the molecule is COC1(C(=O)Nc2ncnc3[nH]c(C)c(C)c23)CCCCC1. The third kappa shape index (κ3) is 2.37. The van der Waals surface area contributed by atoms with Gasteiger partial charge in [0.2, 0.25) is 0 Å². The van der Waals surface area contributed by atoms with Crippen LogP contribution in [0, 0.1) is 13.8 Å². The molecule has 1 fully saturated rings. The molecule has 22 heavy (non-hydrogen) atoms. The number of H-pyrrole nitrogens is 1. The van der Waals surface area contributed by atoms with E-state index in [0.29, 0.717) is 5.82 Å². The largest absolute Gasteiger partial charge is 0.368 e. The van der Waals surface area contributed by atoms with Crippen LogP contribution in [-0.4, -0.2) is 33.6 Å². The summed E-state index contributed by atoms with van der Waals surface area (Å²) in [6.45, 7) is 3.99. The Balaban J connectivity index is 1.94. The van der Waals surface area contributed by atoms with Gasteiger partial charge in [0.25, 0.3) is 5.91 Å². The number of nitrogens with zero attached hydrogens (tertiary/aromatic N) is 2. The average molecular weight is 302 g/mol. The quantitative estimate of drug-likeness (QED) is 0.913. The van der Waals surface area contributed by atoms with Crippen molar-refractivity contribution in [3.05, 3.63) is 17.6 Å². The number of fused-ring (bicyclic) bond motifs is 1. The number of rotatable bonds is 3. The molecule has 3 rings (SSSR count). The summed E-state index contributed by atoms with van der Waals surface area (Å²) in [7, 11) is 1.62. The van der Waals surface area contributed by atoms with Gasteiger partial charge in [-0.15, -0.1) is 0 Å². The van der Waals surface area contributed by atoms with E-state index in [2.05, 4.69) is 20.3 Å². The van der Waals surface area contributed by atoms with Crippen LogP contribution in [0.25, 0.3) is 11.0 Å². The first-order valence-corrected chi connectivity index (χ1v) is 7.74. The monoisotopic (exact) mass is 302 g/mol. The molecular weight excluding hydrogens is 280 g/mol. The van der Waals surface area contributed by atoms with E-state index < -0.39 is 5.60 Å². The number of hydrogen-bond acceptors (Lipinski definition) is 4. The topological polar surface area (TPSA) is 79.9 Å². The van der Waals surface area contributed by atoms with Crippen molar-refractivity contribution in [1.82, 2.24) is 15.0 Å². The summed E-state index contributed by atoms with van der Waals surface area (Å²) in [5.41, 5.74) is 2.11. The lowest BCUT2D eigenvalue weighted by Crippen LogP contribution is -2.46. The van der Waals surface area contributed by atoms with E-state index in [1.54, 1.807) is 7.11 Å². The second-order valence-electron chi connectivity index (χ2n) is 6.03. The van der Waals surface area contributed by atoms with Crippen molar-refractivity contribution in [2.45, 2.75) is 51.6 Å². The molecule has 2 aromatic heterocycles. The summed E-state index contributed by atoms with van der Waals surface area (Å²) in [5, 5.41) is 3.84. The van der Waals surface area contributed by atoms with Crippen LogP contribution in [0.3, 0.4) is 0 Å². The molecule has 0 saturated heterocycles. The van der Waals surface area contributed by atoms with Crippen LogP contribution in [-0.2, 0) is 9.53 Å². The van der Waals surface area contributed by atoms with E-state index in [-0.39, 0.29) is 5.91 Å². The lowest BCUT2D eigenvalue weighted by atomic mass is 9.84. The van der Waals surface area contributed by atoms with Crippen LogP contribution < -0.4 is 5.32 Å². The highest BCUT2D eigenvalue weighted by molar-refractivity contribution is 6.03. The standard InChI is InChI=1S/C16H22N4O2/c1-10-11(2)19-13-12(10)14(18-9-17-13)20-15(21)16(22-3)7-5-4-6-8-16/h9H,4-8H2,1-3H3,(H2,17,18,19,20,21). The molecule has 1 aliphatic rings. The Hall–Kier alpha value is -1.95. The van der Waals surface area contributed by atoms with Crippen LogP contribution in [0.1, 0.15) is 43.4 Å². The maximum absolute atomic E-state index is 12.8. The number of hydrogen-bond donors (Lipinski definition) is 2. The molecule has 0 aromatic carbocycles. The van der Waals surface area contributed by atoms with Gasteiger partial charge < -0.3 is 15.0 Å². The van der Waals surface area contributed by atoms with Crippen molar-refractivity contribution >= 4 is 22.8 Å². The van der Waals surface area contributed by atoms with Gasteiger partial charge in [-0.1, -0.05) is 19.3 Å². The molecule has 1 saturated carbocycles. The van der Waals surface area contributed by atoms with Gasteiger partial charge in [0.1, 0.15) is 23.4 Å². The van der Waals surface area contributed by atoms with Crippen molar-refractivity contribution in [2.75, 3.05) is 12.4 Å².